The van der Waals surface area contributed by atoms with Gasteiger partial charge in [-0.25, -0.2) is 4.98 Å². The smallest absolute Gasteiger partial charge is 0.152 e. The van der Waals surface area contributed by atoms with Crippen LogP contribution < -0.4 is 10.4 Å². The number of piperazine rings is 1. The number of anilines is 1. The van der Waals surface area contributed by atoms with E-state index < -0.39 is 6.23 Å². The molecular formula is C27H32N6O2. The van der Waals surface area contributed by atoms with Crippen LogP contribution in [0.25, 0.3) is 11.0 Å². The Hall–Kier alpha value is -3.30. The number of rotatable bonds is 7. The Balaban J connectivity index is 1.28. The molecule has 8 heteroatoms. The van der Waals surface area contributed by atoms with Crippen molar-refractivity contribution in [3.8, 4) is 0 Å². The Kier molecular flexibility index (Phi) is 6.79. The first-order chi connectivity index (χ1) is 17.0. The molecule has 182 valence electrons. The minimum absolute atomic E-state index is 0.418. The van der Waals surface area contributed by atoms with Gasteiger partial charge in [0.25, 0.3) is 0 Å². The van der Waals surface area contributed by atoms with Gasteiger partial charge in [-0.1, -0.05) is 30.3 Å². The molecule has 5 rings (SSSR count). The summed E-state index contributed by atoms with van der Waals surface area (Å²) in [5.41, 5.74) is 6.91. The molecule has 1 fully saturated rings. The summed E-state index contributed by atoms with van der Waals surface area (Å²) in [7, 11) is 0. The average molecular weight is 473 g/mol. The Morgan fingerprint density at radius 1 is 1.00 bits per heavy atom. The van der Waals surface area contributed by atoms with Crippen LogP contribution in [-0.4, -0.2) is 54.9 Å². The van der Waals surface area contributed by atoms with E-state index in [0.717, 1.165) is 41.9 Å². The molecule has 1 aliphatic rings. The fourth-order valence-electron chi connectivity index (χ4n) is 5.03. The van der Waals surface area contributed by atoms with E-state index in [0.29, 0.717) is 24.2 Å². The van der Waals surface area contributed by atoms with Crippen LogP contribution in [0, 0.1) is 0 Å². The lowest BCUT2D eigenvalue weighted by Gasteiger charge is -2.45. The molecule has 3 atom stereocenters. The molecule has 8 nitrogen and oxygen atoms in total. The number of nitrogens with one attached hydrogen (secondary N) is 1. The van der Waals surface area contributed by atoms with Gasteiger partial charge in [0.1, 0.15) is 5.65 Å². The van der Waals surface area contributed by atoms with Crippen LogP contribution in [0.3, 0.4) is 0 Å². The summed E-state index contributed by atoms with van der Waals surface area (Å²) >= 11 is 0. The number of hydrogen-bond donors (Lipinski definition) is 3. The largest absolute Gasteiger partial charge is 0.372 e. The highest BCUT2D eigenvalue weighted by Gasteiger charge is 2.30. The van der Waals surface area contributed by atoms with E-state index >= 15 is 0 Å². The monoisotopic (exact) mass is 472 g/mol. The molecule has 3 aromatic heterocycles. The first-order valence-corrected chi connectivity index (χ1v) is 12.0. The molecule has 3 N–H and O–H groups in total. The molecule has 4 heterocycles. The van der Waals surface area contributed by atoms with Gasteiger partial charge < -0.3 is 19.8 Å². The normalized spacial score (nSPS) is 19.8. The predicted octanol–water partition coefficient (Wildman–Crippen LogP) is 3.55. The van der Waals surface area contributed by atoms with Crippen LogP contribution in [0.4, 0.5) is 5.69 Å². The Labute approximate surface area is 205 Å². The third-order valence-electron chi connectivity index (χ3n) is 6.91. The summed E-state index contributed by atoms with van der Waals surface area (Å²) in [6.07, 6.45) is 6.75. The number of aliphatic hydroxyl groups excluding tert-OH is 1. The molecule has 0 radical (unpaired) electrons. The quantitative estimate of drug-likeness (QED) is 0.280. The van der Waals surface area contributed by atoms with E-state index in [-0.39, 0.29) is 0 Å². The predicted molar refractivity (Wildman–Crippen MR) is 136 cm³/mol. The lowest BCUT2D eigenvalue weighted by molar-refractivity contribution is 0.000692. The van der Waals surface area contributed by atoms with Gasteiger partial charge in [-0.2, -0.15) is 5.48 Å². The molecule has 0 saturated carbocycles. The van der Waals surface area contributed by atoms with E-state index in [4.69, 9.17) is 10.2 Å². The van der Waals surface area contributed by atoms with Crippen LogP contribution in [0.1, 0.15) is 36.8 Å². The number of fused-ring (bicyclic) bond motifs is 1. The van der Waals surface area contributed by atoms with Crippen molar-refractivity contribution in [1.82, 2.24) is 24.9 Å². The molecular weight excluding hydrogens is 440 g/mol. The molecule has 4 aromatic rings. The number of nitrogens with zero attached hydrogens (tertiary/aromatic N) is 5. The molecule has 35 heavy (non-hydrogen) atoms. The minimum atomic E-state index is -1.08. The molecule has 0 bridgehead atoms. The van der Waals surface area contributed by atoms with Gasteiger partial charge in [0, 0.05) is 62.2 Å². The first-order valence-electron chi connectivity index (χ1n) is 12.0. The van der Waals surface area contributed by atoms with Crippen molar-refractivity contribution in [3.63, 3.8) is 0 Å². The van der Waals surface area contributed by atoms with Gasteiger partial charge in [0.05, 0.1) is 11.9 Å². The lowest BCUT2D eigenvalue weighted by Crippen LogP contribution is -2.56. The highest BCUT2D eigenvalue weighted by molar-refractivity contribution is 5.80. The zero-order chi connectivity index (χ0) is 24.4. The fourth-order valence-corrected chi connectivity index (χ4v) is 5.03. The standard InChI is InChI=1S/C27H32N6O2/c1-19-15-32(16-20(2)33(19)18-22-4-3-10-28-13-22)25-12-24-9-11-31(26(24)29-14-25)17-21-5-7-23(8-6-21)27(34)30-35/h3-14,19-20,27,30,34-35H,15-18H2,1-2H3. The van der Waals surface area contributed by atoms with Crippen LogP contribution in [-0.2, 0) is 13.1 Å². The first kappa shape index (κ1) is 23.4. The molecule has 0 amide bonds. The summed E-state index contributed by atoms with van der Waals surface area (Å²) in [6, 6.07) is 16.8. The SMILES string of the molecule is CC1CN(c2cnc3c(ccn3Cc3ccc(C(O)NO)cc3)c2)CC(C)N1Cc1cccnc1. The number of hydroxylamine groups is 1. The van der Waals surface area contributed by atoms with Crippen molar-refractivity contribution < 1.29 is 10.3 Å². The van der Waals surface area contributed by atoms with E-state index in [1.54, 1.807) is 12.1 Å². The van der Waals surface area contributed by atoms with Crippen LogP contribution in [0.15, 0.2) is 73.3 Å². The van der Waals surface area contributed by atoms with Gasteiger partial charge >= 0.3 is 0 Å². The maximum Gasteiger partial charge on any atom is 0.152 e. The van der Waals surface area contributed by atoms with Gasteiger partial charge in [0.2, 0.25) is 0 Å². The molecule has 1 aliphatic heterocycles. The summed E-state index contributed by atoms with van der Waals surface area (Å²) < 4.78 is 2.13. The second-order valence-electron chi connectivity index (χ2n) is 9.46. The molecule has 0 aliphatic carbocycles. The third-order valence-corrected chi connectivity index (χ3v) is 6.91. The van der Waals surface area contributed by atoms with E-state index in [1.807, 2.05) is 42.3 Å². The molecule has 1 aromatic carbocycles. The summed E-state index contributed by atoms with van der Waals surface area (Å²) in [6.45, 7) is 8.10. The van der Waals surface area contributed by atoms with Gasteiger partial charge in [0.15, 0.2) is 6.23 Å². The third kappa shape index (κ3) is 5.06. The lowest BCUT2D eigenvalue weighted by atomic mass is 10.1. The topological polar surface area (TPSA) is 89.7 Å². The van der Waals surface area contributed by atoms with Gasteiger partial charge in [-0.3, -0.25) is 9.88 Å². The maximum atomic E-state index is 9.68. The van der Waals surface area contributed by atoms with E-state index in [9.17, 15) is 5.11 Å². The van der Waals surface area contributed by atoms with E-state index in [2.05, 4.69) is 57.6 Å². The summed E-state index contributed by atoms with van der Waals surface area (Å²) in [5, 5.41) is 19.7. The molecule has 0 spiro atoms. The number of aliphatic hydroxyl groups is 1. The zero-order valence-electron chi connectivity index (χ0n) is 20.1. The number of benzene rings is 1. The molecule has 3 unspecified atom stereocenters. The van der Waals surface area contributed by atoms with Crippen LogP contribution >= 0.6 is 0 Å². The second-order valence-corrected chi connectivity index (χ2v) is 9.46. The Morgan fingerprint density at radius 2 is 1.77 bits per heavy atom. The second kappa shape index (κ2) is 10.1. The van der Waals surface area contributed by atoms with Crippen molar-refractivity contribution in [2.24, 2.45) is 0 Å². The van der Waals surface area contributed by atoms with E-state index in [1.165, 1.54) is 5.56 Å². The minimum Gasteiger partial charge on any atom is -0.372 e. The fraction of sp³-hybridized carbons (Fsp3) is 0.333. The summed E-state index contributed by atoms with van der Waals surface area (Å²) in [4.78, 5) is 14.1. The van der Waals surface area contributed by atoms with Crippen LogP contribution in [0.5, 0.6) is 0 Å². The average Bonchev–Trinajstić information content (AvgIpc) is 3.28. The van der Waals surface area contributed by atoms with Crippen molar-refractivity contribution in [1.29, 1.82) is 0 Å². The van der Waals surface area contributed by atoms with Crippen LogP contribution in [0.2, 0.25) is 0 Å². The van der Waals surface area contributed by atoms with Gasteiger partial charge in [-0.05, 0) is 48.7 Å². The van der Waals surface area contributed by atoms with Crippen molar-refractivity contribution >= 4 is 16.7 Å². The van der Waals surface area contributed by atoms with Crippen molar-refractivity contribution in [3.05, 3.63) is 90.0 Å². The Bertz CT molecular complexity index is 1250. The maximum absolute atomic E-state index is 9.68. The number of pyridine rings is 2. The zero-order valence-corrected chi connectivity index (χ0v) is 20.1. The Morgan fingerprint density at radius 3 is 2.46 bits per heavy atom. The highest BCUT2D eigenvalue weighted by atomic mass is 16.5. The molecule has 1 saturated heterocycles. The van der Waals surface area contributed by atoms with Crippen molar-refractivity contribution in [2.45, 2.75) is 45.2 Å². The number of hydrogen-bond acceptors (Lipinski definition) is 7. The summed E-state index contributed by atoms with van der Waals surface area (Å²) in [5.74, 6) is 0. The highest BCUT2D eigenvalue weighted by Crippen LogP contribution is 2.27. The van der Waals surface area contributed by atoms with Gasteiger partial charge in [-0.15, -0.1) is 0 Å². The van der Waals surface area contributed by atoms with Crippen molar-refractivity contribution in [2.75, 3.05) is 18.0 Å². The number of aromatic nitrogens is 3.